The van der Waals surface area contributed by atoms with Crippen molar-refractivity contribution >= 4 is 23.2 Å². The zero-order chi connectivity index (χ0) is 13.0. The van der Waals surface area contributed by atoms with Crippen LogP contribution < -0.4 is 11.1 Å². The number of carbonyl (C=O) groups is 1. The Balaban J connectivity index is 1.91. The number of amides is 2. The lowest BCUT2D eigenvalue weighted by atomic mass is 10.1. The summed E-state index contributed by atoms with van der Waals surface area (Å²) in [5, 5.41) is 2.91. The number of urea groups is 1. The van der Waals surface area contributed by atoms with E-state index in [1.54, 1.807) is 0 Å². The lowest BCUT2D eigenvalue weighted by Gasteiger charge is -2.16. The number of rotatable bonds is 3. The van der Waals surface area contributed by atoms with Gasteiger partial charge in [0.25, 0.3) is 0 Å². The Morgan fingerprint density at radius 2 is 2.11 bits per heavy atom. The van der Waals surface area contributed by atoms with E-state index in [2.05, 4.69) is 5.32 Å². The van der Waals surface area contributed by atoms with Gasteiger partial charge in [0.1, 0.15) is 4.99 Å². The molecule has 0 saturated carbocycles. The molecule has 1 saturated heterocycles. The maximum absolute atomic E-state index is 11.8. The van der Waals surface area contributed by atoms with E-state index in [1.165, 1.54) is 0 Å². The molecule has 4 nitrogen and oxygen atoms in total. The summed E-state index contributed by atoms with van der Waals surface area (Å²) in [6.45, 7) is 2.23. The van der Waals surface area contributed by atoms with E-state index >= 15 is 0 Å². The Kier molecular flexibility index (Phi) is 4.15. The number of nitrogens with zero attached hydrogens (tertiary/aromatic N) is 1. The zero-order valence-corrected chi connectivity index (χ0v) is 11.0. The molecule has 0 radical (unpaired) electrons. The summed E-state index contributed by atoms with van der Waals surface area (Å²) in [5.74, 6) is 0. The van der Waals surface area contributed by atoms with Crippen molar-refractivity contribution in [2.24, 2.45) is 5.73 Å². The van der Waals surface area contributed by atoms with Gasteiger partial charge in [-0.1, -0.05) is 30.4 Å². The van der Waals surface area contributed by atoms with Gasteiger partial charge in [-0.3, -0.25) is 0 Å². The van der Waals surface area contributed by atoms with Crippen LogP contribution in [0.3, 0.4) is 0 Å². The summed E-state index contributed by atoms with van der Waals surface area (Å²) in [4.78, 5) is 14.0. The predicted molar refractivity (Wildman–Crippen MR) is 75.4 cm³/mol. The molecule has 1 heterocycles. The molecule has 0 atom stereocenters. The van der Waals surface area contributed by atoms with Gasteiger partial charge < -0.3 is 16.0 Å². The van der Waals surface area contributed by atoms with Crippen LogP contribution in [0, 0.1) is 0 Å². The van der Waals surface area contributed by atoms with Gasteiger partial charge in [0.05, 0.1) is 0 Å². The minimum Gasteiger partial charge on any atom is -0.389 e. The number of nitrogens with two attached hydrogens (primary N) is 1. The standard InChI is InChI=1S/C13H17N3OS/c14-12(18)11-5-3-4-10(8-11)9-15-13(17)16-6-1-2-7-16/h3-5,8H,1-2,6-7,9H2,(H2,14,18)(H,15,17). The summed E-state index contributed by atoms with van der Waals surface area (Å²) in [7, 11) is 0. The van der Waals surface area contributed by atoms with Crippen LogP contribution in [0.4, 0.5) is 4.79 Å². The quantitative estimate of drug-likeness (QED) is 0.815. The minimum atomic E-state index is 0.00762. The highest BCUT2D eigenvalue weighted by atomic mass is 32.1. The SMILES string of the molecule is NC(=S)c1cccc(CNC(=O)N2CCCC2)c1. The van der Waals surface area contributed by atoms with Crippen LogP contribution >= 0.6 is 12.2 Å². The average Bonchev–Trinajstić information content (AvgIpc) is 2.90. The molecule has 0 aromatic heterocycles. The monoisotopic (exact) mass is 263 g/mol. The summed E-state index contributed by atoms with van der Waals surface area (Å²) < 4.78 is 0. The first kappa shape index (κ1) is 12.8. The molecule has 0 aliphatic carbocycles. The van der Waals surface area contributed by atoms with Crippen LogP contribution in [-0.4, -0.2) is 29.0 Å². The number of hydrogen-bond donors (Lipinski definition) is 2. The smallest absolute Gasteiger partial charge is 0.317 e. The molecular formula is C13H17N3OS. The third-order valence-electron chi connectivity index (χ3n) is 3.05. The fourth-order valence-electron chi connectivity index (χ4n) is 2.04. The summed E-state index contributed by atoms with van der Waals surface area (Å²) in [5.41, 5.74) is 7.41. The highest BCUT2D eigenvalue weighted by Crippen LogP contribution is 2.08. The molecule has 0 bridgehead atoms. The van der Waals surface area contributed by atoms with Crippen molar-refractivity contribution in [3.8, 4) is 0 Å². The molecule has 2 rings (SSSR count). The molecule has 18 heavy (non-hydrogen) atoms. The fourth-order valence-corrected chi connectivity index (χ4v) is 2.17. The highest BCUT2D eigenvalue weighted by Gasteiger charge is 2.16. The zero-order valence-electron chi connectivity index (χ0n) is 10.2. The first-order valence-corrected chi connectivity index (χ1v) is 6.49. The van der Waals surface area contributed by atoms with Gasteiger partial charge in [-0.25, -0.2) is 4.79 Å². The van der Waals surface area contributed by atoms with E-state index in [1.807, 2.05) is 29.2 Å². The molecule has 1 aliphatic rings. The van der Waals surface area contributed by atoms with Crippen LogP contribution in [0.1, 0.15) is 24.0 Å². The van der Waals surface area contributed by atoms with Crippen molar-refractivity contribution in [2.45, 2.75) is 19.4 Å². The Morgan fingerprint density at radius 1 is 1.39 bits per heavy atom. The average molecular weight is 263 g/mol. The van der Waals surface area contributed by atoms with Gasteiger partial charge in [0, 0.05) is 25.2 Å². The van der Waals surface area contributed by atoms with Crippen LogP contribution in [0.2, 0.25) is 0 Å². The molecule has 5 heteroatoms. The van der Waals surface area contributed by atoms with Gasteiger partial charge in [-0.15, -0.1) is 0 Å². The first-order valence-electron chi connectivity index (χ1n) is 6.08. The van der Waals surface area contributed by atoms with E-state index in [0.29, 0.717) is 11.5 Å². The van der Waals surface area contributed by atoms with Crippen LogP contribution in [0.15, 0.2) is 24.3 Å². The maximum atomic E-state index is 11.8. The Bertz CT molecular complexity index is 455. The second kappa shape index (κ2) is 5.82. The maximum Gasteiger partial charge on any atom is 0.317 e. The van der Waals surface area contributed by atoms with E-state index in [4.69, 9.17) is 18.0 Å². The van der Waals surface area contributed by atoms with Gasteiger partial charge in [0.2, 0.25) is 0 Å². The summed E-state index contributed by atoms with van der Waals surface area (Å²) >= 11 is 4.93. The lowest BCUT2D eigenvalue weighted by Crippen LogP contribution is -2.37. The van der Waals surface area contributed by atoms with E-state index < -0.39 is 0 Å². The van der Waals surface area contributed by atoms with Crippen LogP contribution in [0.25, 0.3) is 0 Å². The summed E-state index contributed by atoms with van der Waals surface area (Å²) in [6, 6.07) is 7.63. The van der Waals surface area contributed by atoms with Gasteiger partial charge in [-0.2, -0.15) is 0 Å². The molecule has 96 valence electrons. The molecule has 1 aromatic carbocycles. The molecule has 0 spiro atoms. The van der Waals surface area contributed by atoms with Gasteiger partial charge >= 0.3 is 6.03 Å². The van der Waals surface area contributed by atoms with Crippen molar-refractivity contribution in [1.29, 1.82) is 0 Å². The third kappa shape index (κ3) is 3.20. The normalized spacial score (nSPS) is 14.6. The Labute approximate surface area is 112 Å². The molecule has 3 N–H and O–H groups in total. The highest BCUT2D eigenvalue weighted by molar-refractivity contribution is 7.80. The van der Waals surface area contributed by atoms with Crippen molar-refractivity contribution in [3.63, 3.8) is 0 Å². The molecular weight excluding hydrogens is 246 g/mol. The summed E-state index contributed by atoms with van der Waals surface area (Å²) in [6.07, 6.45) is 2.20. The lowest BCUT2D eigenvalue weighted by molar-refractivity contribution is 0.208. The van der Waals surface area contributed by atoms with E-state index in [9.17, 15) is 4.79 Å². The Morgan fingerprint density at radius 3 is 2.78 bits per heavy atom. The van der Waals surface area contributed by atoms with Gasteiger partial charge in [0.15, 0.2) is 0 Å². The minimum absolute atomic E-state index is 0.00762. The molecule has 1 aromatic rings. The Hall–Kier alpha value is -1.62. The van der Waals surface area contributed by atoms with Gasteiger partial charge in [-0.05, 0) is 24.5 Å². The van der Waals surface area contributed by atoms with Crippen molar-refractivity contribution < 1.29 is 4.79 Å². The second-order valence-electron chi connectivity index (χ2n) is 4.42. The largest absolute Gasteiger partial charge is 0.389 e. The number of carbonyl (C=O) groups excluding carboxylic acids is 1. The topological polar surface area (TPSA) is 58.4 Å². The number of likely N-dealkylation sites (tertiary alicyclic amines) is 1. The molecule has 2 amide bonds. The second-order valence-corrected chi connectivity index (χ2v) is 4.86. The number of thiocarbonyl (C=S) groups is 1. The number of nitrogens with one attached hydrogen (secondary N) is 1. The fraction of sp³-hybridized carbons (Fsp3) is 0.385. The number of hydrogen-bond acceptors (Lipinski definition) is 2. The van der Waals surface area contributed by atoms with Crippen molar-refractivity contribution in [1.82, 2.24) is 10.2 Å². The molecule has 0 unspecified atom stereocenters. The van der Waals surface area contributed by atoms with E-state index in [0.717, 1.165) is 37.1 Å². The first-order chi connectivity index (χ1) is 8.66. The number of benzene rings is 1. The van der Waals surface area contributed by atoms with Crippen LogP contribution in [-0.2, 0) is 6.54 Å². The molecule has 1 aliphatic heterocycles. The van der Waals surface area contributed by atoms with Crippen LogP contribution in [0.5, 0.6) is 0 Å². The predicted octanol–water partition coefficient (Wildman–Crippen LogP) is 1.63. The third-order valence-corrected chi connectivity index (χ3v) is 3.28. The molecule has 1 fully saturated rings. The van der Waals surface area contributed by atoms with E-state index in [-0.39, 0.29) is 6.03 Å². The van der Waals surface area contributed by atoms with Crippen molar-refractivity contribution in [2.75, 3.05) is 13.1 Å². The van der Waals surface area contributed by atoms with Crippen molar-refractivity contribution in [3.05, 3.63) is 35.4 Å².